The summed E-state index contributed by atoms with van der Waals surface area (Å²) in [6.45, 7) is -1.40. The van der Waals surface area contributed by atoms with Crippen molar-refractivity contribution >= 4 is 39.2 Å². The lowest BCUT2D eigenvalue weighted by atomic mass is 9.97. The van der Waals surface area contributed by atoms with Crippen molar-refractivity contribution < 1.29 is 22.7 Å². The van der Waals surface area contributed by atoms with E-state index in [0.717, 1.165) is 47.9 Å². The van der Waals surface area contributed by atoms with E-state index in [1.54, 1.807) is 24.3 Å². The normalized spacial score (nSPS) is 13.8. The van der Waals surface area contributed by atoms with E-state index < -0.39 is 18.6 Å². The zero-order valence-electron chi connectivity index (χ0n) is 17.1. The molecule has 6 nitrogen and oxygen atoms in total. The van der Waals surface area contributed by atoms with Crippen LogP contribution < -0.4 is 15.6 Å². The summed E-state index contributed by atoms with van der Waals surface area (Å²) in [5.74, 6) is -0.548. The van der Waals surface area contributed by atoms with Crippen molar-refractivity contribution in [1.82, 2.24) is 14.9 Å². The van der Waals surface area contributed by atoms with Crippen molar-refractivity contribution in [3.05, 3.63) is 45.1 Å². The maximum atomic E-state index is 13.6. The van der Waals surface area contributed by atoms with E-state index in [-0.39, 0.29) is 16.5 Å². The van der Waals surface area contributed by atoms with Crippen molar-refractivity contribution in [2.24, 2.45) is 0 Å². The number of aromatic nitrogens is 2. The van der Waals surface area contributed by atoms with Gasteiger partial charge in [0, 0.05) is 10.9 Å². The molecule has 3 aromatic rings. The number of halogens is 3. The summed E-state index contributed by atoms with van der Waals surface area (Å²) >= 11 is 2.40. The number of benzene rings is 1. The molecule has 0 aliphatic heterocycles. The van der Waals surface area contributed by atoms with Crippen LogP contribution in [0.2, 0.25) is 0 Å². The molecular weight excluding hydrogens is 463 g/mol. The summed E-state index contributed by atoms with van der Waals surface area (Å²) in [7, 11) is 1.51. The molecule has 1 aliphatic carbocycles. The highest BCUT2D eigenvalue weighted by molar-refractivity contribution is 7.99. The highest BCUT2D eigenvalue weighted by Crippen LogP contribution is 2.35. The van der Waals surface area contributed by atoms with Crippen LogP contribution >= 0.6 is 23.1 Å². The van der Waals surface area contributed by atoms with Crippen LogP contribution in [0.3, 0.4) is 0 Å². The van der Waals surface area contributed by atoms with E-state index in [1.807, 2.05) is 5.32 Å². The second kappa shape index (κ2) is 9.14. The Kier molecular flexibility index (Phi) is 6.47. The molecule has 0 radical (unpaired) electrons. The van der Waals surface area contributed by atoms with Crippen LogP contribution in [0.15, 0.2) is 34.2 Å². The van der Waals surface area contributed by atoms with Gasteiger partial charge < -0.3 is 10.1 Å². The SMILES string of the molecule is COc1cccc(-n2c(SCC(=O)NCC(F)(F)F)nc3sc4c(c3c2=O)CCCC4)c1. The molecule has 0 fully saturated rings. The van der Waals surface area contributed by atoms with Gasteiger partial charge >= 0.3 is 6.18 Å². The van der Waals surface area contributed by atoms with Crippen molar-refractivity contribution in [3.63, 3.8) is 0 Å². The van der Waals surface area contributed by atoms with Crippen LogP contribution in [0.1, 0.15) is 23.3 Å². The average Bonchev–Trinajstić information content (AvgIpc) is 3.14. The Labute approximate surface area is 189 Å². The summed E-state index contributed by atoms with van der Waals surface area (Å²) in [6.07, 6.45) is -0.706. The van der Waals surface area contributed by atoms with Gasteiger partial charge in [-0.1, -0.05) is 17.8 Å². The highest BCUT2D eigenvalue weighted by atomic mass is 32.2. The number of nitrogens with zero attached hydrogens (tertiary/aromatic N) is 2. The number of carbonyl (C=O) groups excluding carboxylic acids is 1. The maximum Gasteiger partial charge on any atom is 0.405 e. The van der Waals surface area contributed by atoms with Crippen LogP contribution in [-0.2, 0) is 17.6 Å². The molecule has 1 N–H and O–H groups in total. The molecule has 0 unspecified atom stereocenters. The van der Waals surface area contributed by atoms with Gasteiger partial charge in [-0.2, -0.15) is 13.2 Å². The molecule has 1 amide bonds. The topological polar surface area (TPSA) is 73.2 Å². The molecule has 0 atom stereocenters. The minimum absolute atomic E-state index is 0.247. The smallest absolute Gasteiger partial charge is 0.405 e. The first-order valence-electron chi connectivity index (χ1n) is 9.95. The average molecular weight is 484 g/mol. The number of fused-ring (bicyclic) bond motifs is 3. The Bertz CT molecular complexity index is 1220. The molecule has 4 rings (SSSR count). The van der Waals surface area contributed by atoms with Crippen molar-refractivity contribution in [3.8, 4) is 11.4 Å². The van der Waals surface area contributed by atoms with Gasteiger partial charge in [-0.15, -0.1) is 11.3 Å². The fourth-order valence-electron chi connectivity index (χ4n) is 3.64. The predicted octanol–water partition coefficient (Wildman–Crippen LogP) is 4.11. The second-order valence-electron chi connectivity index (χ2n) is 7.31. The third-order valence-corrected chi connectivity index (χ3v) is 7.21. The second-order valence-corrected chi connectivity index (χ2v) is 9.33. The van der Waals surface area contributed by atoms with Gasteiger partial charge in [0.2, 0.25) is 5.91 Å². The van der Waals surface area contributed by atoms with Crippen molar-refractivity contribution in [2.45, 2.75) is 37.0 Å². The number of alkyl halides is 3. The fourth-order valence-corrected chi connectivity index (χ4v) is 5.79. The fraction of sp³-hybridized carbons (Fsp3) is 0.381. The monoisotopic (exact) mass is 483 g/mol. The first-order chi connectivity index (χ1) is 15.3. The van der Waals surface area contributed by atoms with E-state index in [4.69, 9.17) is 4.74 Å². The molecular formula is C21H20F3N3O3S2. The van der Waals surface area contributed by atoms with E-state index in [1.165, 1.54) is 23.0 Å². The number of nitrogens with one attached hydrogen (secondary N) is 1. The molecule has 0 saturated heterocycles. The van der Waals surface area contributed by atoms with Gasteiger partial charge in [-0.25, -0.2) is 4.98 Å². The lowest BCUT2D eigenvalue weighted by molar-refractivity contribution is -0.136. The van der Waals surface area contributed by atoms with Gasteiger partial charge in [-0.05, 0) is 43.4 Å². The first kappa shape index (κ1) is 22.7. The minimum Gasteiger partial charge on any atom is -0.497 e. The Morgan fingerprint density at radius 3 is 2.84 bits per heavy atom. The number of thioether (sulfide) groups is 1. The number of methoxy groups -OCH3 is 1. The van der Waals surface area contributed by atoms with Gasteiger partial charge in [-0.3, -0.25) is 14.2 Å². The predicted molar refractivity (Wildman–Crippen MR) is 118 cm³/mol. The van der Waals surface area contributed by atoms with Crippen molar-refractivity contribution in [1.29, 1.82) is 0 Å². The van der Waals surface area contributed by atoms with E-state index >= 15 is 0 Å². The molecule has 2 heterocycles. The Hall–Kier alpha value is -2.53. The van der Waals surface area contributed by atoms with E-state index in [9.17, 15) is 22.8 Å². The summed E-state index contributed by atoms with van der Waals surface area (Å²) in [5.41, 5.74) is 1.29. The standard InChI is InChI=1S/C21H20F3N3O3S2/c1-30-13-6-4-5-12(9-13)27-19(29)17-14-7-2-3-8-15(14)32-18(17)26-20(27)31-10-16(28)25-11-21(22,23)24/h4-6,9H,2-3,7-8,10-11H2,1H3,(H,25,28). The largest absolute Gasteiger partial charge is 0.497 e. The Morgan fingerprint density at radius 2 is 2.09 bits per heavy atom. The first-order valence-corrected chi connectivity index (χ1v) is 11.7. The van der Waals surface area contributed by atoms with Gasteiger partial charge in [0.15, 0.2) is 5.16 Å². The Morgan fingerprint density at radius 1 is 1.31 bits per heavy atom. The zero-order chi connectivity index (χ0) is 22.9. The van der Waals surface area contributed by atoms with Gasteiger partial charge in [0.05, 0.1) is 23.9 Å². The molecule has 2 aromatic heterocycles. The zero-order valence-corrected chi connectivity index (χ0v) is 18.8. The third-order valence-electron chi connectivity index (χ3n) is 5.09. The molecule has 1 aliphatic rings. The number of thiophene rings is 1. The van der Waals surface area contributed by atoms with Crippen LogP contribution in [0.5, 0.6) is 5.75 Å². The molecule has 32 heavy (non-hydrogen) atoms. The van der Waals surface area contributed by atoms with Crippen LogP contribution in [0, 0.1) is 0 Å². The molecule has 170 valence electrons. The Balaban J connectivity index is 1.76. The number of aryl methyl sites for hydroxylation is 2. The summed E-state index contributed by atoms with van der Waals surface area (Å²) < 4.78 is 43.8. The molecule has 0 spiro atoms. The maximum absolute atomic E-state index is 13.6. The number of ether oxygens (including phenoxy) is 1. The van der Waals surface area contributed by atoms with Crippen LogP contribution in [0.4, 0.5) is 13.2 Å². The summed E-state index contributed by atoms with van der Waals surface area (Å²) in [6, 6.07) is 6.88. The quantitative estimate of drug-likeness (QED) is 0.422. The molecule has 0 bridgehead atoms. The van der Waals surface area contributed by atoms with Gasteiger partial charge in [0.1, 0.15) is 17.1 Å². The van der Waals surface area contributed by atoms with Crippen molar-refractivity contribution in [2.75, 3.05) is 19.4 Å². The van der Waals surface area contributed by atoms with Crippen LogP contribution in [-0.4, -0.2) is 41.0 Å². The summed E-state index contributed by atoms with van der Waals surface area (Å²) in [4.78, 5) is 32.0. The molecule has 11 heteroatoms. The molecule has 0 saturated carbocycles. The highest BCUT2D eigenvalue weighted by Gasteiger charge is 2.28. The van der Waals surface area contributed by atoms with E-state index in [0.29, 0.717) is 21.7 Å². The van der Waals surface area contributed by atoms with Crippen LogP contribution in [0.25, 0.3) is 15.9 Å². The lowest BCUT2D eigenvalue weighted by Gasteiger charge is -2.14. The molecule has 1 aromatic carbocycles. The number of rotatable bonds is 6. The number of hydrogen-bond acceptors (Lipinski definition) is 6. The minimum atomic E-state index is -4.49. The number of amides is 1. The number of carbonyl (C=O) groups is 1. The summed E-state index contributed by atoms with van der Waals surface area (Å²) in [5, 5.41) is 2.67. The lowest BCUT2D eigenvalue weighted by Crippen LogP contribution is -2.35. The third kappa shape index (κ3) is 4.78. The number of hydrogen-bond donors (Lipinski definition) is 1. The van der Waals surface area contributed by atoms with E-state index in [2.05, 4.69) is 4.98 Å². The van der Waals surface area contributed by atoms with Gasteiger partial charge in [0.25, 0.3) is 5.56 Å².